The van der Waals surface area contributed by atoms with Gasteiger partial charge in [0.15, 0.2) is 0 Å². The van der Waals surface area contributed by atoms with Gasteiger partial charge >= 0.3 is 0 Å². The fraction of sp³-hybridized carbons (Fsp3) is 0.375. The number of ether oxygens (including phenoxy) is 1. The Morgan fingerprint density at radius 1 is 1.43 bits per heavy atom. The largest absolute Gasteiger partial charge is 0.493 e. The minimum Gasteiger partial charge on any atom is -0.493 e. The second-order valence-corrected chi connectivity index (χ2v) is 6.26. The number of hydrogen-bond acceptors (Lipinski definition) is 6. The van der Waals surface area contributed by atoms with E-state index in [2.05, 4.69) is 15.2 Å². The van der Waals surface area contributed by atoms with Gasteiger partial charge in [-0.3, -0.25) is 4.79 Å². The first-order valence-electron chi connectivity index (χ1n) is 7.42. The lowest BCUT2D eigenvalue weighted by Gasteiger charge is -2.11. The molecule has 0 saturated heterocycles. The molecule has 0 radical (unpaired) electrons. The molecular weight excluding hydrogens is 312 g/mol. The molecule has 124 valence electrons. The highest BCUT2D eigenvalue weighted by Gasteiger charge is 2.10. The number of nitrogens with one attached hydrogen (secondary N) is 1. The summed E-state index contributed by atoms with van der Waals surface area (Å²) in [6.07, 6.45) is 0.949. The third-order valence-corrected chi connectivity index (χ3v) is 3.94. The molecule has 6 nitrogen and oxygen atoms in total. The third-order valence-electron chi connectivity index (χ3n) is 3.07. The van der Waals surface area contributed by atoms with Crippen molar-refractivity contribution in [2.24, 2.45) is 5.73 Å². The number of thiazole rings is 1. The van der Waals surface area contributed by atoms with Crippen LogP contribution in [0.5, 0.6) is 5.75 Å². The van der Waals surface area contributed by atoms with Crippen LogP contribution in [0.4, 0.5) is 5.69 Å². The summed E-state index contributed by atoms with van der Waals surface area (Å²) in [5.74, 6) is 0.494. The standard InChI is InChI=1S/C16H22N4O2S/c1-20(2)7-4-8-22-13-6-3-5-12(9-13)18-16(21)14-11-23-15(10-17)19-14/h3,5-6,9,11H,4,7-8,10,17H2,1-2H3,(H,18,21). The van der Waals surface area contributed by atoms with Crippen molar-refractivity contribution in [3.05, 3.63) is 40.3 Å². The van der Waals surface area contributed by atoms with Gasteiger partial charge in [-0.05, 0) is 32.6 Å². The van der Waals surface area contributed by atoms with Crippen LogP contribution >= 0.6 is 11.3 Å². The summed E-state index contributed by atoms with van der Waals surface area (Å²) in [7, 11) is 4.06. The Balaban J connectivity index is 1.90. The summed E-state index contributed by atoms with van der Waals surface area (Å²) in [5, 5.41) is 5.27. The number of aromatic nitrogens is 1. The summed E-state index contributed by atoms with van der Waals surface area (Å²) in [4.78, 5) is 18.4. The highest BCUT2D eigenvalue weighted by Crippen LogP contribution is 2.19. The summed E-state index contributed by atoms with van der Waals surface area (Å²) >= 11 is 1.38. The number of benzene rings is 1. The summed E-state index contributed by atoms with van der Waals surface area (Å²) in [6.45, 7) is 1.96. The number of nitrogens with zero attached hydrogens (tertiary/aromatic N) is 2. The molecule has 3 N–H and O–H groups in total. The summed E-state index contributed by atoms with van der Waals surface area (Å²) in [6, 6.07) is 7.36. The molecule has 0 bridgehead atoms. The highest BCUT2D eigenvalue weighted by molar-refractivity contribution is 7.09. The van der Waals surface area contributed by atoms with Gasteiger partial charge in [0.1, 0.15) is 16.5 Å². The molecule has 0 unspecified atom stereocenters. The molecule has 23 heavy (non-hydrogen) atoms. The van der Waals surface area contributed by atoms with E-state index < -0.39 is 0 Å². The van der Waals surface area contributed by atoms with Crippen LogP contribution in [0.3, 0.4) is 0 Å². The van der Waals surface area contributed by atoms with Crippen molar-refractivity contribution in [1.29, 1.82) is 0 Å². The molecular formula is C16H22N4O2S. The highest BCUT2D eigenvalue weighted by atomic mass is 32.1. The zero-order chi connectivity index (χ0) is 16.7. The van der Waals surface area contributed by atoms with Crippen molar-refractivity contribution in [1.82, 2.24) is 9.88 Å². The molecule has 1 aromatic carbocycles. The normalized spacial score (nSPS) is 10.8. The molecule has 2 rings (SSSR count). The molecule has 1 aromatic heterocycles. The predicted octanol–water partition coefficient (Wildman–Crippen LogP) is 2.18. The van der Waals surface area contributed by atoms with E-state index in [1.54, 1.807) is 5.38 Å². The van der Waals surface area contributed by atoms with Crippen molar-refractivity contribution >= 4 is 22.9 Å². The number of carbonyl (C=O) groups is 1. The number of anilines is 1. The van der Waals surface area contributed by atoms with E-state index in [9.17, 15) is 4.79 Å². The molecule has 0 aliphatic rings. The first-order valence-corrected chi connectivity index (χ1v) is 8.30. The second-order valence-electron chi connectivity index (χ2n) is 5.32. The van der Waals surface area contributed by atoms with Gasteiger partial charge < -0.3 is 20.7 Å². The average molecular weight is 334 g/mol. The van der Waals surface area contributed by atoms with E-state index in [-0.39, 0.29) is 5.91 Å². The van der Waals surface area contributed by atoms with Gasteiger partial charge in [0.05, 0.1) is 6.61 Å². The fourth-order valence-corrected chi connectivity index (χ4v) is 2.59. The second kappa shape index (κ2) is 8.61. The van der Waals surface area contributed by atoms with Gasteiger partial charge in [-0.25, -0.2) is 4.98 Å². The van der Waals surface area contributed by atoms with Crippen LogP contribution in [0.1, 0.15) is 21.9 Å². The number of hydrogen-bond donors (Lipinski definition) is 2. The van der Waals surface area contributed by atoms with Crippen LogP contribution in [0.15, 0.2) is 29.6 Å². The Labute approximate surface area is 140 Å². The van der Waals surface area contributed by atoms with E-state index >= 15 is 0 Å². The summed E-state index contributed by atoms with van der Waals surface area (Å²) < 4.78 is 5.70. The quantitative estimate of drug-likeness (QED) is 0.723. The number of carbonyl (C=O) groups excluding carboxylic acids is 1. The maximum Gasteiger partial charge on any atom is 0.275 e. The maximum absolute atomic E-state index is 12.1. The fourth-order valence-electron chi connectivity index (χ4n) is 1.94. The SMILES string of the molecule is CN(C)CCCOc1cccc(NC(=O)c2csc(CN)n2)c1. The zero-order valence-electron chi connectivity index (χ0n) is 13.4. The predicted molar refractivity (Wildman–Crippen MR) is 93.1 cm³/mol. The van der Waals surface area contributed by atoms with Crippen molar-refractivity contribution in [3.8, 4) is 5.75 Å². The average Bonchev–Trinajstić information content (AvgIpc) is 3.01. The van der Waals surface area contributed by atoms with E-state index in [1.807, 2.05) is 38.4 Å². The molecule has 1 amide bonds. The Morgan fingerprint density at radius 3 is 2.96 bits per heavy atom. The molecule has 7 heteroatoms. The lowest BCUT2D eigenvalue weighted by Crippen LogP contribution is -2.15. The van der Waals surface area contributed by atoms with Crippen LogP contribution in [0.2, 0.25) is 0 Å². The van der Waals surface area contributed by atoms with Crippen molar-refractivity contribution in [3.63, 3.8) is 0 Å². The van der Waals surface area contributed by atoms with E-state index in [4.69, 9.17) is 10.5 Å². The number of nitrogens with two attached hydrogens (primary N) is 1. The van der Waals surface area contributed by atoms with Gasteiger partial charge in [0, 0.05) is 30.2 Å². The summed E-state index contributed by atoms with van der Waals surface area (Å²) in [5.41, 5.74) is 6.57. The van der Waals surface area contributed by atoms with Crippen LogP contribution in [0, 0.1) is 0 Å². The molecule has 2 aromatic rings. The topological polar surface area (TPSA) is 80.5 Å². The smallest absolute Gasteiger partial charge is 0.275 e. The minimum atomic E-state index is -0.245. The van der Waals surface area contributed by atoms with Gasteiger partial charge in [0.2, 0.25) is 0 Å². The van der Waals surface area contributed by atoms with Gasteiger partial charge in [-0.2, -0.15) is 0 Å². The van der Waals surface area contributed by atoms with E-state index in [0.717, 1.165) is 23.7 Å². The van der Waals surface area contributed by atoms with Crippen LogP contribution < -0.4 is 15.8 Å². The lowest BCUT2D eigenvalue weighted by atomic mass is 10.3. The molecule has 0 saturated carbocycles. The molecule has 0 aliphatic carbocycles. The van der Waals surface area contributed by atoms with E-state index in [0.29, 0.717) is 24.5 Å². The Hall–Kier alpha value is -1.96. The lowest BCUT2D eigenvalue weighted by molar-refractivity contribution is 0.102. The van der Waals surface area contributed by atoms with Crippen molar-refractivity contribution < 1.29 is 9.53 Å². The Morgan fingerprint density at radius 2 is 2.26 bits per heavy atom. The first-order chi connectivity index (χ1) is 11.1. The van der Waals surface area contributed by atoms with Gasteiger partial charge in [-0.15, -0.1) is 11.3 Å². The maximum atomic E-state index is 12.1. The number of amides is 1. The third kappa shape index (κ3) is 5.63. The van der Waals surface area contributed by atoms with Crippen LogP contribution in [-0.4, -0.2) is 43.0 Å². The van der Waals surface area contributed by atoms with Crippen LogP contribution in [0.25, 0.3) is 0 Å². The number of rotatable bonds is 8. The molecule has 0 spiro atoms. The molecule has 0 fully saturated rings. The Kier molecular flexibility index (Phi) is 6.52. The van der Waals surface area contributed by atoms with Crippen molar-refractivity contribution in [2.75, 3.05) is 32.6 Å². The minimum absolute atomic E-state index is 0.245. The molecule has 0 aliphatic heterocycles. The zero-order valence-corrected chi connectivity index (χ0v) is 14.2. The van der Waals surface area contributed by atoms with Gasteiger partial charge in [-0.1, -0.05) is 6.07 Å². The van der Waals surface area contributed by atoms with Gasteiger partial charge in [0.25, 0.3) is 5.91 Å². The van der Waals surface area contributed by atoms with Crippen LogP contribution in [-0.2, 0) is 6.54 Å². The molecule has 0 atom stereocenters. The first kappa shape index (κ1) is 17.4. The molecule has 1 heterocycles. The van der Waals surface area contributed by atoms with Crippen molar-refractivity contribution in [2.45, 2.75) is 13.0 Å². The van der Waals surface area contributed by atoms with E-state index in [1.165, 1.54) is 11.3 Å². The monoisotopic (exact) mass is 334 g/mol. The Bertz CT molecular complexity index is 643.